The maximum atomic E-state index is 13.5. The van der Waals surface area contributed by atoms with Crippen molar-refractivity contribution in [2.75, 3.05) is 5.73 Å². The molecule has 0 amide bonds. The van der Waals surface area contributed by atoms with Gasteiger partial charge in [0.15, 0.2) is 11.6 Å². The number of aromatic nitrogens is 1. The van der Waals surface area contributed by atoms with Gasteiger partial charge in [0.1, 0.15) is 0 Å². The van der Waals surface area contributed by atoms with Crippen LogP contribution in [0.5, 0.6) is 0 Å². The van der Waals surface area contributed by atoms with Crippen molar-refractivity contribution in [2.24, 2.45) is 0 Å². The summed E-state index contributed by atoms with van der Waals surface area (Å²) in [5.74, 6) is -1.07. The highest BCUT2D eigenvalue weighted by atomic mass is 32.1. The molecule has 0 radical (unpaired) electrons. The summed E-state index contributed by atoms with van der Waals surface area (Å²) >= 11 is 1.15. The minimum atomic E-state index is -0.672. The van der Waals surface area contributed by atoms with E-state index in [-0.39, 0.29) is 11.3 Å². The molecule has 0 spiro atoms. The first-order valence-corrected chi connectivity index (χ1v) is 5.02. The molecule has 15 heavy (non-hydrogen) atoms. The molecule has 0 atom stereocenters. The van der Waals surface area contributed by atoms with Crippen LogP contribution in [0.25, 0.3) is 0 Å². The van der Waals surface area contributed by atoms with Crippen LogP contribution in [0, 0.1) is 5.82 Å². The molecular weight excluding hydrogens is 215 g/mol. The maximum absolute atomic E-state index is 13.5. The van der Waals surface area contributed by atoms with E-state index in [2.05, 4.69) is 4.37 Å². The topological polar surface area (TPSA) is 56.0 Å². The van der Waals surface area contributed by atoms with Gasteiger partial charge in [-0.25, -0.2) is 8.76 Å². The summed E-state index contributed by atoms with van der Waals surface area (Å²) in [6.45, 7) is 0. The van der Waals surface area contributed by atoms with Gasteiger partial charge in [-0.2, -0.15) is 0 Å². The van der Waals surface area contributed by atoms with Crippen LogP contribution in [0.3, 0.4) is 0 Å². The van der Waals surface area contributed by atoms with Crippen molar-refractivity contribution < 1.29 is 9.18 Å². The first-order valence-electron chi connectivity index (χ1n) is 4.18. The van der Waals surface area contributed by atoms with Gasteiger partial charge >= 0.3 is 0 Å². The Labute approximate surface area is 89.5 Å². The summed E-state index contributed by atoms with van der Waals surface area (Å²) in [6, 6.07) is 4.37. The van der Waals surface area contributed by atoms with E-state index in [0.717, 1.165) is 11.5 Å². The molecule has 1 aromatic heterocycles. The zero-order valence-electron chi connectivity index (χ0n) is 7.61. The minimum Gasteiger partial charge on any atom is -0.396 e. The molecule has 5 heteroatoms. The number of nitrogens with zero attached hydrogens (tertiary/aromatic N) is 1. The molecule has 1 aromatic carbocycles. The van der Waals surface area contributed by atoms with Gasteiger partial charge in [-0.1, -0.05) is 6.07 Å². The number of nitrogen functional groups attached to an aromatic ring is 1. The molecule has 3 nitrogen and oxygen atoms in total. The molecule has 2 rings (SSSR count). The third-order valence-electron chi connectivity index (χ3n) is 1.97. The number of halogens is 1. The largest absolute Gasteiger partial charge is 0.396 e. The van der Waals surface area contributed by atoms with Gasteiger partial charge in [0.25, 0.3) is 0 Å². The quantitative estimate of drug-likeness (QED) is 0.625. The molecule has 2 N–H and O–H groups in total. The summed E-state index contributed by atoms with van der Waals surface area (Å²) in [5, 5.41) is 1.57. The molecule has 0 bridgehead atoms. The smallest absolute Gasteiger partial charge is 0.198 e. The molecule has 0 aliphatic rings. The zero-order valence-corrected chi connectivity index (χ0v) is 8.42. The third kappa shape index (κ3) is 1.73. The Kier molecular flexibility index (Phi) is 2.47. The molecule has 2 aromatic rings. The van der Waals surface area contributed by atoms with Gasteiger partial charge < -0.3 is 5.73 Å². The van der Waals surface area contributed by atoms with Crippen LogP contribution < -0.4 is 5.73 Å². The number of rotatable bonds is 2. The highest BCUT2D eigenvalue weighted by Gasteiger charge is 2.15. The van der Waals surface area contributed by atoms with Crippen molar-refractivity contribution in [1.29, 1.82) is 0 Å². The lowest BCUT2D eigenvalue weighted by Crippen LogP contribution is -2.05. The van der Waals surface area contributed by atoms with E-state index in [1.165, 1.54) is 18.3 Å². The lowest BCUT2D eigenvalue weighted by Gasteiger charge is -2.02. The Hall–Kier alpha value is -1.75. The molecular formula is C10H7FN2OS. The monoisotopic (exact) mass is 222 g/mol. The summed E-state index contributed by atoms with van der Waals surface area (Å²) in [5.41, 5.74) is 5.71. The number of nitrogens with two attached hydrogens (primary N) is 1. The zero-order chi connectivity index (χ0) is 10.8. The van der Waals surface area contributed by atoms with Gasteiger partial charge in [0, 0.05) is 5.38 Å². The number of carbonyl (C=O) groups excluding carboxylic acids is 1. The standard InChI is InChI=1S/C10H7FN2OS/c11-9-7(2-1-3-8(9)12)10(14)6-4-13-15-5-6/h1-5H,12H2. The summed E-state index contributed by atoms with van der Waals surface area (Å²) in [4.78, 5) is 11.8. The van der Waals surface area contributed by atoms with Crippen molar-refractivity contribution in [2.45, 2.75) is 0 Å². The predicted molar refractivity (Wildman–Crippen MR) is 56.4 cm³/mol. The lowest BCUT2D eigenvalue weighted by atomic mass is 10.1. The van der Waals surface area contributed by atoms with Crippen LogP contribution in [0.15, 0.2) is 29.8 Å². The Morgan fingerprint density at radius 3 is 2.93 bits per heavy atom. The van der Waals surface area contributed by atoms with E-state index < -0.39 is 11.6 Å². The van der Waals surface area contributed by atoms with Crippen LogP contribution in [0.4, 0.5) is 10.1 Å². The van der Waals surface area contributed by atoms with E-state index in [4.69, 9.17) is 5.73 Å². The number of benzene rings is 1. The van der Waals surface area contributed by atoms with Gasteiger partial charge in [-0.05, 0) is 23.7 Å². The van der Waals surface area contributed by atoms with Crippen LogP contribution in [0.2, 0.25) is 0 Å². The predicted octanol–water partition coefficient (Wildman–Crippen LogP) is 2.10. The van der Waals surface area contributed by atoms with E-state index in [1.807, 2.05) is 0 Å². The Balaban J connectivity index is 2.47. The first-order chi connectivity index (χ1) is 7.20. The van der Waals surface area contributed by atoms with Gasteiger partial charge in [-0.15, -0.1) is 0 Å². The van der Waals surface area contributed by atoms with Crippen molar-refractivity contribution in [1.82, 2.24) is 4.37 Å². The van der Waals surface area contributed by atoms with Crippen LogP contribution >= 0.6 is 11.5 Å². The number of anilines is 1. The Morgan fingerprint density at radius 2 is 2.27 bits per heavy atom. The lowest BCUT2D eigenvalue weighted by molar-refractivity contribution is 0.103. The van der Waals surface area contributed by atoms with Gasteiger partial charge in [0.05, 0.1) is 23.0 Å². The molecule has 76 valence electrons. The maximum Gasteiger partial charge on any atom is 0.198 e. The summed E-state index contributed by atoms with van der Waals surface area (Å²) in [6.07, 6.45) is 1.41. The van der Waals surface area contributed by atoms with E-state index in [1.54, 1.807) is 11.4 Å². The molecule has 0 saturated carbocycles. The summed E-state index contributed by atoms with van der Waals surface area (Å²) in [7, 11) is 0. The van der Waals surface area contributed by atoms with Gasteiger partial charge in [-0.3, -0.25) is 4.79 Å². The van der Waals surface area contributed by atoms with E-state index >= 15 is 0 Å². The second kappa shape index (κ2) is 3.78. The Morgan fingerprint density at radius 1 is 1.47 bits per heavy atom. The molecule has 0 unspecified atom stereocenters. The molecule has 0 aliphatic carbocycles. The number of hydrogen-bond donors (Lipinski definition) is 1. The molecule has 0 fully saturated rings. The molecule has 0 aliphatic heterocycles. The fourth-order valence-electron chi connectivity index (χ4n) is 1.20. The third-order valence-corrected chi connectivity index (χ3v) is 2.55. The molecule has 0 saturated heterocycles. The van der Waals surface area contributed by atoms with Crippen LogP contribution in [0.1, 0.15) is 15.9 Å². The highest BCUT2D eigenvalue weighted by Crippen LogP contribution is 2.18. The number of ketones is 1. The normalized spacial score (nSPS) is 10.2. The van der Waals surface area contributed by atoms with Crippen molar-refractivity contribution >= 4 is 23.0 Å². The SMILES string of the molecule is Nc1cccc(C(=O)c2cnsc2)c1F. The van der Waals surface area contributed by atoms with Crippen molar-refractivity contribution in [3.05, 3.63) is 46.7 Å². The molecule has 1 heterocycles. The average Bonchev–Trinajstić information content (AvgIpc) is 2.74. The second-order valence-corrected chi connectivity index (χ2v) is 3.61. The van der Waals surface area contributed by atoms with Crippen LogP contribution in [-0.2, 0) is 0 Å². The van der Waals surface area contributed by atoms with Crippen LogP contribution in [-0.4, -0.2) is 10.2 Å². The van der Waals surface area contributed by atoms with E-state index in [9.17, 15) is 9.18 Å². The number of carbonyl (C=O) groups is 1. The first kappa shape index (κ1) is 9.79. The minimum absolute atomic E-state index is 0.0183. The number of hydrogen-bond acceptors (Lipinski definition) is 4. The Bertz CT molecular complexity index is 496. The average molecular weight is 222 g/mol. The summed E-state index contributed by atoms with van der Waals surface area (Å²) < 4.78 is 17.3. The van der Waals surface area contributed by atoms with Gasteiger partial charge in [0.2, 0.25) is 0 Å². The van der Waals surface area contributed by atoms with Crippen molar-refractivity contribution in [3.8, 4) is 0 Å². The fraction of sp³-hybridized carbons (Fsp3) is 0. The fourth-order valence-corrected chi connectivity index (χ4v) is 1.71. The highest BCUT2D eigenvalue weighted by molar-refractivity contribution is 7.03. The second-order valence-electron chi connectivity index (χ2n) is 2.95. The van der Waals surface area contributed by atoms with Crippen molar-refractivity contribution in [3.63, 3.8) is 0 Å². The van der Waals surface area contributed by atoms with E-state index in [0.29, 0.717) is 5.56 Å².